The number of rotatable bonds is 5. The molecule has 2 amide bonds. The van der Waals surface area contributed by atoms with Gasteiger partial charge in [0.25, 0.3) is 0 Å². The normalized spacial score (nSPS) is 16.0. The van der Waals surface area contributed by atoms with Crippen LogP contribution in [-0.4, -0.2) is 28.6 Å². The van der Waals surface area contributed by atoms with Gasteiger partial charge in [0.05, 0.1) is 6.04 Å². The molecule has 2 aromatic carbocycles. The molecule has 0 aromatic heterocycles. The maximum atomic E-state index is 11.9. The Morgan fingerprint density at radius 2 is 1.43 bits per heavy atom. The summed E-state index contributed by atoms with van der Waals surface area (Å²) in [5.74, 6) is 0.0425. The molecular weight excluding hydrogens is 310 g/mol. The minimum Gasteiger partial charge on any atom is -0.278 e. The third-order valence-electron chi connectivity index (χ3n) is 4.17. The van der Waals surface area contributed by atoms with Crippen molar-refractivity contribution in [2.75, 3.05) is 5.88 Å². The van der Waals surface area contributed by atoms with Crippen molar-refractivity contribution >= 4 is 23.4 Å². The third kappa shape index (κ3) is 3.45. The minimum absolute atomic E-state index is 0.110. The van der Waals surface area contributed by atoms with E-state index in [1.165, 1.54) is 4.90 Å². The molecule has 0 aliphatic carbocycles. The number of imide groups is 1. The highest BCUT2D eigenvalue weighted by Crippen LogP contribution is 2.22. The van der Waals surface area contributed by atoms with Crippen molar-refractivity contribution < 1.29 is 9.59 Å². The van der Waals surface area contributed by atoms with E-state index in [0.29, 0.717) is 19.3 Å². The second kappa shape index (κ2) is 6.97. The van der Waals surface area contributed by atoms with Crippen molar-refractivity contribution in [1.29, 1.82) is 0 Å². The lowest BCUT2D eigenvalue weighted by Gasteiger charge is -2.24. The highest BCUT2D eigenvalue weighted by molar-refractivity contribution is 6.18. The monoisotopic (exact) mass is 327 g/mol. The van der Waals surface area contributed by atoms with E-state index in [2.05, 4.69) is 24.3 Å². The van der Waals surface area contributed by atoms with Gasteiger partial charge in [-0.3, -0.25) is 14.5 Å². The Hall–Kier alpha value is -2.13. The molecule has 1 atom stereocenters. The molecular formula is C19H18ClNO2. The van der Waals surface area contributed by atoms with Crippen molar-refractivity contribution in [3.63, 3.8) is 0 Å². The Morgan fingerprint density at radius 3 is 2.00 bits per heavy atom. The van der Waals surface area contributed by atoms with Crippen molar-refractivity contribution in [3.8, 4) is 11.1 Å². The summed E-state index contributed by atoms with van der Waals surface area (Å²) in [6.07, 6.45) is 1.20. The molecule has 0 unspecified atom stereocenters. The summed E-state index contributed by atoms with van der Waals surface area (Å²) in [6, 6.07) is 18.1. The first-order valence-electron chi connectivity index (χ1n) is 7.74. The Morgan fingerprint density at radius 1 is 0.870 bits per heavy atom. The second-order valence-electron chi connectivity index (χ2n) is 5.73. The molecule has 3 rings (SSSR count). The number of hydrogen-bond donors (Lipinski definition) is 0. The van der Waals surface area contributed by atoms with Crippen LogP contribution >= 0.6 is 11.6 Å². The number of carbonyl (C=O) groups excluding carboxylic acids is 2. The van der Waals surface area contributed by atoms with E-state index >= 15 is 0 Å². The molecule has 4 heteroatoms. The van der Waals surface area contributed by atoms with Crippen LogP contribution in [0, 0.1) is 0 Å². The maximum absolute atomic E-state index is 11.9. The molecule has 1 fully saturated rings. The van der Waals surface area contributed by atoms with E-state index in [-0.39, 0.29) is 23.7 Å². The van der Waals surface area contributed by atoms with Crippen molar-refractivity contribution in [3.05, 3.63) is 60.2 Å². The Kier molecular flexibility index (Phi) is 4.77. The number of likely N-dealkylation sites (tertiary alicyclic amines) is 1. The molecule has 0 N–H and O–H groups in total. The third-order valence-corrected chi connectivity index (χ3v) is 4.52. The fraction of sp³-hybridized carbons (Fsp3) is 0.263. The first-order valence-corrected chi connectivity index (χ1v) is 8.27. The van der Waals surface area contributed by atoms with Gasteiger partial charge in [-0.1, -0.05) is 54.6 Å². The topological polar surface area (TPSA) is 37.4 Å². The fourth-order valence-corrected chi connectivity index (χ4v) is 3.20. The van der Waals surface area contributed by atoms with Crippen LogP contribution < -0.4 is 0 Å². The van der Waals surface area contributed by atoms with Crippen LogP contribution in [0.2, 0.25) is 0 Å². The van der Waals surface area contributed by atoms with Crippen LogP contribution in [0.15, 0.2) is 54.6 Å². The molecule has 0 saturated carbocycles. The van der Waals surface area contributed by atoms with Crippen LogP contribution in [0.3, 0.4) is 0 Å². The standard InChI is InChI=1S/C19H18ClNO2/c20-13-17(21-18(22)10-11-19(21)23)12-14-6-8-16(9-7-14)15-4-2-1-3-5-15/h1-9,17H,10-13H2/t17-/m0/s1. The van der Waals surface area contributed by atoms with E-state index in [9.17, 15) is 9.59 Å². The fourth-order valence-electron chi connectivity index (χ4n) is 2.95. The molecule has 3 nitrogen and oxygen atoms in total. The number of benzene rings is 2. The van der Waals surface area contributed by atoms with Gasteiger partial charge in [-0.2, -0.15) is 0 Å². The predicted octanol–water partition coefficient (Wildman–Crippen LogP) is 3.65. The smallest absolute Gasteiger partial charge is 0.229 e. The van der Waals surface area contributed by atoms with E-state index in [1.807, 2.05) is 30.3 Å². The second-order valence-corrected chi connectivity index (χ2v) is 6.04. The lowest BCUT2D eigenvalue weighted by Crippen LogP contribution is -2.41. The number of hydrogen-bond acceptors (Lipinski definition) is 2. The molecule has 0 radical (unpaired) electrons. The van der Waals surface area contributed by atoms with Crippen molar-refractivity contribution in [2.45, 2.75) is 25.3 Å². The van der Waals surface area contributed by atoms with Gasteiger partial charge in [-0.25, -0.2) is 0 Å². The molecule has 23 heavy (non-hydrogen) atoms. The molecule has 0 bridgehead atoms. The summed E-state index contributed by atoms with van der Waals surface area (Å²) in [7, 11) is 0. The number of nitrogens with zero attached hydrogens (tertiary/aromatic N) is 1. The summed E-state index contributed by atoms with van der Waals surface area (Å²) in [5.41, 5.74) is 3.38. The van der Waals surface area contributed by atoms with Crippen LogP contribution in [0.1, 0.15) is 18.4 Å². The number of alkyl halides is 1. The quantitative estimate of drug-likeness (QED) is 0.621. The van der Waals surface area contributed by atoms with Gasteiger partial charge in [-0.05, 0) is 23.1 Å². The lowest BCUT2D eigenvalue weighted by molar-refractivity contribution is -0.140. The molecule has 0 spiro atoms. The first-order chi connectivity index (χ1) is 11.2. The average Bonchev–Trinajstić information content (AvgIpc) is 2.93. The van der Waals surface area contributed by atoms with Crippen LogP contribution in [0.5, 0.6) is 0 Å². The number of halogens is 1. The van der Waals surface area contributed by atoms with Crippen molar-refractivity contribution in [2.24, 2.45) is 0 Å². The summed E-state index contributed by atoms with van der Waals surface area (Å²) < 4.78 is 0. The van der Waals surface area contributed by atoms with E-state index in [4.69, 9.17) is 11.6 Å². The van der Waals surface area contributed by atoms with Gasteiger partial charge in [-0.15, -0.1) is 11.6 Å². The molecule has 1 aliphatic heterocycles. The molecule has 1 heterocycles. The zero-order valence-electron chi connectivity index (χ0n) is 12.7. The maximum Gasteiger partial charge on any atom is 0.229 e. The van der Waals surface area contributed by atoms with Crippen molar-refractivity contribution in [1.82, 2.24) is 4.90 Å². The Bertz CT molecular complexity index is 681. The zero-order chi connectivity index (χ0) is 16.2. The minimum atomic E-state index is -0.262. The Balaban J connectivity index is 1.74. The van der Waals surface area contributed by atoms with Crippen LogP contribution in [0.25, 0.3) is 11.1 Å². The van der Waals surface area contributed by atoms with Gasteiger partial charge in [0.1, 0.15) is 0 Å². The predicted molar refractivity (Wildman–Crippen MR) is 91.2 cm³/mol. The van der Waals surface area contributed by atoms with E-state index in [1.54, 1.807) is 0 Å². The number of amides is 2. The summed E-state index contributed by atoms with van der Waals surface area (Å²) in [5, 5.41) is 0. The number of carbonyl (C=O) groups is 2. The lowest BCUT2D eigenvalue weighted by atomic mass is 10.0. The largest absolute Gasteiger partial charge is 0.278 e. The summed E-state index contributed by atoms with van der Waals surface area (Å²) in [4.78, 5) is 25.1. The molecule has 1 aliphatic rings. The van der Waals surface area contributed by atoms with E-state index in [0.717, 1.165) is 16.7 Å². The first kappa shape index (κ1) is 15.8. The van der Waals surface area contributed by atoms with Gasteiger partial charge in [0.15, 0.2) is 0 Å². The highest BCUT2D eigenvalue weighted by Gasteiger charge is 2.34. The van der Waals surface area contributed by atoms with Crippen LogP contribution in [0.4, 0.5) is 0 Å². The van der Waals surface area contributed by atoms with Gasteiger partial charge < -0.3 is 0 Å². The zero-order valence-corrected chi connectivity index (χ0v) is 13.5. The summed E-state index contributed by atoms with van der Waals surface area (Å²) in [6.45, 7) is 0. The SMILES string of the molecule is O=C1CCC(=O)N1[C@H](CCl)Cc1ccc(-c2ccccc2)cc1. The van der Waals surface area contributed by atoms with Gasteiger partial charge in [0.2, 0.25) is 11.8 Å². The highest BCUT2D eigenvalue weighted by atomic mass is 35.5. The van der Waals surface area contributed by atoms with Gasteiger partial charge >= 0.3 is 0 Å². The van der Waals surface area contributed by atoms with Gasteiger partial charge in [0, 0.05) is 18.7 Å². The summed E-state index contributed by atoms with van der Waals surface area (Å²) >= 11 is 6.01. The van der Waals surface area contributed by atoms with E-state index < -0.39 is 0 Å². The molecule has 1 saturated heterocycles. The molecule has 118 valence electrons. The molecule has 2 aromatic rings. The van der Waals surface area contributed by atoms with Crippen LogP contribution in [-0.2, 0) is 16.0 Å². The Labute approximate surface area is 140 Å². The average molecular weight is 328 g/mol.